The minimum atomic E-state index is -0.980. The fourth-order valence-electron chi connectivity index (χ4n) is 1.80. The van der Waals surface area contributed by atoms with Crippen LogP contribution in [-0.2, 0) is 4.79 Å². The topological polar surface area (TPSA) is 95.4 Å². The Bertz CT molecular complexity index is 423. The lowest BCUT2D eigenvalue weighted by molar-refractivity contribution is -0.141. The zero-order valence-electron chi connectivity index (χ0n) is 9.04. The number of aliphatic carboxylic acids is 1. The molecule has 1 aromatic rings. The number of likely N-dealkylation sites (tertiary alicyclic amines) is 1. The molecule has 1 saturated heterocycles. The summed E-state index contributed by atoms with van der Waals surface area (Å²) in [5.41, 5.74) is 0. The van der Waals surface area contributed by atoms with E-state index >= 15 is 0 Å². The van der Waals surface area contributed by atoms with Gasteiger partial charge in [0.15, 0.2) is 0 Å². The number of urea groups is 1. The highest BCUT2D eigenvalue weighted by molar-refractivity contribution is 5.91. The Morgan fingerprint density at radius 3 is 2.76 bits per heavy atom. The van der Waals surface area contributed by atoms with E-state index in [0.29, 0.717) is 19.4 Å². The summed E-state index contributed by atoms with van der Waals surface area (Å²) in [6.45, 7) is 0.440. The maximum absolute atomic E-state index is 11.8. The normalized spacial score (nSPS) is 19.1. The molecule has 1 atom stereocenters. The second kappa shape index (κ2) is 4.77. The lowest BCUT2D eigenvalue weighted by atomic mass is 10.2. The van der Waals surface area contributed by atoms with Crippen molar-refractivity contribution in [2.45, 2.75) is 18.9 Å². The maximum Gasteiger partial charge on any atom is 0.326 e. The Labute approximate surface area is 97.5 Å². The van der Waals surface area contributed by atoms with Crippen LogP contribution in [0.2, 0.25) is 0 Å². The lowest BCUT2D eigenvalue weighted by Crippen LogP contribution is -2.43. The van der Waals surface area contributed by atoms with Gasteiger partial charge in [-0.3, -0.25) is 5.32 Å². The average molecular weight is 236 g/mol. The Balaban J connectivity index is 2.03. The van der Waals surface area contributed by atoms with Crippen LogP contribution >= 0.6 is 0 Å². The van der Waals surface area contributed by atoms with E-state index in [-0.39, 0.29) is 5.95 Å². The third-order valence-electron chi connectivity index (χ3n) is 2.58. The third kappa shape index (κ3) is 2.49. The van der Waals surface area contributed by atoms with Crippen LogP contribution in [0.15, 0.2) is 18.5 Å². The van der Waals surface area contributed by atoms with Crippen LogP contribution < -0.4 is 5.32 Å². The molecule has 1 fully saturated rings. The van der Waals surface area contributed by atoms with Crippen molar-refractivity contribution in [1.82, 2.24) is 14.9 Å². The van der Waals surface area contributed by atoms with Gasteiger partial charge in [-0.05, 0) is 18.9 Å². The van der Waals surface area contributed by atoms with E-state index in [2.05, 4.69) is 15.3 Å². The summed E-state index contributed by atoms with van der Waals surface area (Å²) in [6.07, 6.45) is 4.18. The van der Waals surface area contributed by atoms with Crippen LogP contribution in [0.1, 0.15) is 12.8 Å². The zero-order valence-corrected chi connectivity index (χ0v) is 9.04. The molecule has 1 aliphatic rings. The second-order valence-corrected chi connectivity index (χ2v) is 3.69. The number of amides is 2. The van der Waals surface area contributed by atoms with E-state index in [1.165, 1.54) is 17.3 Å². The quantitative estimate of drug-likeness (QED) is 0.782. The molecule has 2 heterocycles. The number of carbonyl (C=O) groups is 2. The van der Waals surface area contributed by atoms with E-state index in [0.717, 1.165) is 0 Å². The van der Waals surface area contributed by atoms with E-state index in [1.54, 1.807) is 6.07 Å². The first-order chi connectivity index (χ1) is 8.18. The molecule has 2 N–H and O–H groups in total. The summed E-state index contributed by atoms with van der Waals surface area (Å²) in [5, 5.41) is 11.4. The van der Waals surface area contributed by atoms with Crippen LogP contribution in [-0.4, -0.2) is 44.6 Å². The molecule has 0 aromatic carbocycles. The first kappa shape index (κ1) is 11.3. The van der Waals surface area contributed by atoms with Gasteiger partial charge >= 0.3 is 12.0 Å². The van der Waals surface area contributed by atoms with Gasteiger partial charge < -0.3 is 10.0 Å². The van der Waals surface area contributed by atoms with Gasteiger partial charge in [0.25, 0.3) is 0 Å². The minimum absolute atomic E-state index is 0.175. The molecule has 1 aromatic heterocycles. The monoisotopic (exact) mass is 236 g/mol. The number of carboxylic acids is 1. The van der Waals surface area contributed by atoms with Gasteiger partial charge in [0.05, 0.1) is 0 Å². The fourth-order valence-corrected chi connectivity index (χ4v) is 1.80. The molecule has 7 nitrogen and oxygen atoms in total. The fraction of sp³-hybridized carbons (Fsp3) is 0.400. The van der Waals surface area contributed by atoms with Gasteiger partial charge in [-0.2, -0.15) is 0 Å². The molecule has 90 valence electrons. The molecule has 1 unspecified atom stereocenters. The van der Waals surface area contributed by atoms with Crippen molar-refractivity contribution in [1.29, 1.82) is 0 Å². The minimum Gasteiger partial charge on any atom is -0.480 e. The van der Waals surface area contributed by atoms with E-state index in [4.69, 9.17) is 5.11 Å². The molecule has 1 aliphatic heterocycles. The number of aromatic nitrogens is 2. The molecule has 0 spiro atoms. The van der Waals surface area contributed by atoms with Crippen molar-refractivity contribution in [2.75, 3.05) is 11.9 Å². The molecular weight excluding hydrogens is 224 g/mol. The largest absolute Gasteiger partial charge is 0.480 e. The number of rotatable bonds is 2. The number of carboxylic acid groups (broad SMARTS) is 1. The van der Waals surface area contributed by atoms with Gasteiger partial charge in [-0.15, -0.1) is 0 Å². The average Bonchev–Trinajstić information content (AvgIpc) is 2.79. The molecule has 0 bridgehead atoms. The highest BCUT2D eigenvalue weighted by atomic mass is 16.4. The highest BCUT2D eigenvalue weighted by Crippen LogP contribution is 2.18. The molecule has 7 heteroatoms. The van der Waals surface area contributed by atoms with Crippen LogP contribution in [0.4, 0.5) is 10.7 Å². The summed E-state index contributed by atoms with van der Waals surface area (Å²) in [5.74, 6) is -0.805. The third-order valence-corrected chi connectivity index (χ3v) is 2.58. The van der Waals surface area contributed by atoms with Gasteiger partial charge in [0.2, 0.25) is 5.95 Å². The van der Waals surface area contributed by atoms with Crippen molar-refractivity contribution < 1.29 is 14.7 Å². The number of nitrogens with zero attached hydrogens (tertiary/aromatic N) is 3. The Morgan fingerprint density at radius 2 is 2.12 bits per heavy atom. The highest BCUT2D eigenvalue weighted by Gasteiger charge is 2.34. The molecule has 2 rings (SSSR count). The smallest absolute Gasteiger partial charge is 0.326 e. The molecule has 0 aliphatic carbocycles. The van der Waals surface area contributed by atoms with Crippen molar-refractivity contribution in [3.63, 3.8) is 0 Å². The Kier molecular flexibility index (Phi) is 3.17. The number of carbonyl (C=O) groups excluding carboxylic acids is 1. The van der Waals surface area contributed by atoms with Crippen molar-refractivity contribution in [3.8, 4) is 0 Å². The van der Waals surface area contributed by atoms with Crippen LogP contribution in [0, 0.1) is 0 Å². The first-order valence-corrected chi connectivity index (χ1v) is 5.26. The van der Waals surface area contributed by atoms with Gasteiger partial charge in [-0.25, -0.2) is 19.6 Å². The number of hydrogen-bond donors (Lipinski definition) is 2. The van der Waals surface area contributed by atoms with Gasteiger partial charge in [0, 0.05) is 18.9 Å². The van der Waals surface area contributed by atoms with Gasteiger partial charge in [-0.1, -0.05) is 0 Å². The predicted octanol–water partition coefficient (Wildman–Crippen LogP) is 0.557. The number of hydrogen-bond acceptors (Lipinski definition) is 4. The number of nitrogens with one attached hydrogen (secondary N) is 1. The number of anilines is 1. The van der Waals surface area contributed by atoms with E-state index in [1.807, 2.05) is 0 Å². The van der Waals surface area contributed by atoms with Crippen molar-refractivity contribution in [3.05, 3.63) is 18.5 Å². The standard InChI is InChI=1S/C10H12N4O3/c15-8(16)7-3-1-6-14(7)10(17)13-9-11-4-2-5-12-9/h2,4-5,7H,1,3,6H2,(H,15,16)(H,11,12,13,17). The zero-order chi connectivity index (χ0) is 12.3. The molecule has 0 radical (unpaired) electrons. The predicted molar refractivity (Wildman–Crippen MR) is 58.4 cm³/mol. The lowest BCUT2D eigenvalue weighted by Gasteiger charge is -2.20. The Hall–Kier alpha value is -2.18. The van der Waals surface area contributed by atoms with E-state index < -0.39 is 18.0 Å². The summed E-state index contributed by atoms with van der Waals surface area (Å²) < 4.78 is 0. The Morgan fingerprint density at radius 1 is 1.41 bits per heavy atom. The van der Waals surface area contributed by atoms with Crippen molar-refractivity contribution >= 4 is 17.9 Å². The molecule has 2 amide bonds. The summed E-state index contributed by atoms with van der Waals surface area (Å²) in [6, 6.07) is 0.408. The molecule has 17 heavy (non-hydrogen) atoms. The van der Waals surface area contributed by atoms with Crippen molar-refractivity contribution in [2.24, 2.45) is 0 Å². The van der Waals surface area contributed by atoms with Crippen LogP contribution in [0.3, 0.4) is 0 Å². The summed E-state index contributed by atoms with van der Waals surface area (Å²) >= 11 is 0. The SMILES string of the molecule is O=C(O)C1CCCN1C(=O)Nc1ncccn1. The van der Waals surface area contributed by atoms with E-state index in [9.17, 15) is 9.59 Å². The second-order valence-electron chi connectivity index (χ2n) is 3.69. The molecule has 0 saturated carbocycles. The summed E-state index contributed by atoms with van der Waals surface area (Å²) in [7, 11) is 0. The first-order valence-electron chi connectivity index (χ1n) is 5.26. The summed E-state index contributed by atoms with van der Waals surface area (Å²) in [4.78, 5) is 31.7. The maximum atomic E-state index is 11.8. The van der Waals surface area contributed by atoms with Crippen LogP contribution in [0.5, 0.6) is 0 Å². The molecular formula is C10H12N4O3. The van der Waals surface area contributed by atoms with Crippen LogP contribution in [0.25, 0.3) is 0 Å². The van der Waals surface area contributed by atoms with Gasteiger partial charge in [0.1, 0.15) is 6.04 Å².